The van der Waals surface area contributed by atoms with Crippen LogP contribution in [-0.4, -0.2) is 14.2 Å². The Morgan fingerprint density at radius 3 is 2.48 bits per heavy atom. The number of Topliss-reactive ketones (excluding diaryl/α,β-unsaturated/α-hetero) is 1. The van der Waals surface area contributed by atoms with Gasteiger partial charge in [0.1, 0.15) is 0 Å². The summed E-state index contributed by atoms with van der Waals surface area (Å²) in [7, 11) is -3.61. The molecule has 1 aliphatic carbocycles. The van der Waals surface area contributed by atoms with Crippen LogP contribution in [0.4, 0.5) is 0 Å². The van der Waals surface area contributed by atoms with Gasteiger partial charge in [0.05, 0.1) is 4.90 Å². The SMILES string of the molecule is CC(=O)c1ccc(S(=O)(=O)N[C@H]2CCCc3ccccc32)cc1. The number of fused-ring (bicyclic) bond motifs is 1. The third-order valence-electron chi connectivity index (χ3n) is 4.24. The van der Waals surface area contributed by atoms with Crippen molar-refractivity contribution >= 4 is 15.8 Å². The van der Waals surface area contributed by atoms with Crippen LogP contribution in [0.25, 0.3) is 0 Å². The second-order valence-electron chi connectivity index (χ2n) is 5.85. The summed E-state index contributed by atoms with van der Waals surface area (Å²) in [5.74, 6) is -0.0804. The Kier molecular flexibility index (Phi) is 4.33. The van der Waals surface area contributed by atoms with Crippen molar-refractivity contribution in [1.82, 2.24) is 4.72 Å². The first-order valence-electron chi connectivity index (χ1n) is 7.68. The summed E-state index contributed by atoms with van der Waals surface area (Å²) < 4.78 is 28.0. The van der Waals surface area contributed by atoms with Crippen LogP contribution in [0.5, 0.6) is 0 Å². The molecular formula is C18H19NO3S. The van der Waals surface area contributed by atoms with Crippen molar-refractivity contribution in [2.75, 3.05) is 0 Å². The molecule has 0 saturated heterocycles. The molecule has 0 heterocycles. The molecule has 1 aliphatic rings. The predicted octanol–water partition coefficient (Wildman–Crippen LogP) is 3.25. The summed E-state index contributed by atoms with van der Waals surface area (Å²) in [6.07, 6.45) is 2.75. The highest BCUT2D eigenvalue weighted by atomic mass is 32.2. The van der Waals surface area contributed by atoms with Crippen LogP contribution in [0, 0.1) is 0 Å². The highest BCUT2D eigenvalue weighted by Crippen LogP contribution is 2.30. The second kappa shape index (κ2) is 6.26. The first kappa shape index (κ1) is 15.9. The fourth-order valence-electron chi connectivity index (χ4n) is 3.00. The summed E-state index contributed by atoms with van der Waals surface area (Å²) in [5, 5.41) is 0. The first-order valence-corrected chi connectivity index (χ1v) is 9.17. The molecule has 1 atom stereocenters. The minimum atomic E-state index is -3.61. The Labute approximate surface area is 136 Å². The number of rotatable bonds is 4. The summed E-state index contributed by atoms with van der Waals surface area (Å²) in [4.78, 5) is 11.5. The van der Waals surface area contributed by atoms with Crippen molar-refractivity contribution in [1.29, 1.82) is 0 Å². The Morgan fingerprint density at radius 1 is 1.09 bits per heavy atom. The van der Waals surface area contributed by atoms with Gasteiger partial charge in [0.25, 0.3) is 0 Å². The molecule has 0 spiro atoms. The minimum absolute atomic E-state index is 0.0804. The van der Waals surface area contributed by atoms with E-state index in [2.05, 4.69) is 10.8 Å². The van der Waals surface area contributed by atoms with Crippen LogP contribution in [0.3, 0.4) is 0 Å². The van der Waals surface area contributed by atoms with Crippen molar-refractivity contribution < 1.29 is 13.2 Å². The van der Waals surface area contributed by atoms with Gasteiger partial charge < -0.3 is 0 Å². The molecule has 0 saturated carbocycles. The number of benzene rings is 2. The van der Waals surface area contributed by atoms with Gasteiger partial charge in [-0.05, 0) is 49.4 Å². The van der Waals surface area contributed by atoms with Gasteiger partial charge in [0.2, 0.25) is 10.0 Å². The zero-order chi connectivity index (χ0) is 16.4. The number of ketones is 1. The molecular weight excluding hydrogens is 310 g/mol. The van der Waals surface area contributed by atoms with E-state index in [0.29, 0.717) is 5.56 Å². The summed E-state index contributed by atoms with van der Waals surface area (Å²) in [6, 6.07) is 13.8. The number of nitrogens with one attached hydrogen (secondary N) is 1. The van der Waals surface area contributed by atoms with Crippen LogP contribution < -0.4 is 4.72 Å². The molecule has 4 nitrogen and oxygen atoms in total. The second-order valence-corrected chi connectivity index (χ2v) is 7.56. The molecule has 5 heteroatoms. The first-order chi connectivity index (χ1) is 11.0. The maximum atomic E-state index is 12.6. The molecule has 0 unspecified atom stereocenters. The Hall–Kier alpha value is -1.98. The average molecular weight is 329 g/mol. The van der Waals surface area contributed by atoms with Gasteiger partial charge in [-0.3, -0.25) is 4.79 Å². The smallest absolute Gasteiger partial charge is 0.241 e. The van der Waals surface area contributed by atoms with Crippen LogP contribution in [0.15, 0.2) is 53.4 Å². The van der Waals surface area contributed by atoms with E-state index in [1.807, 2.05) is 18.2 Å². The van der Waals surface area contributed by atoms with E-state index in [9.17, 15) is 13.2 Å². The Balaban J connectivity index is 1.86. The lowest BCUT2D eigenvalue weighted by Crippen LogP contribution is -2.31. The van der Waals surface area contributed by atoms with Gasteiger partial charge >= 0.3 is 0 Å². The van der Waals surface area contributed by atoms with Gasteiger partial charge in [-0.15, -0.1) is 0 Å². The highest BCUT2D eigenvalue weighted by molar-refractivity contribution is 7.89. The van der Waals surface area contributed by atoms with Gasteiger partial charge in [-0.1, -0.05) is 36.4 Å². The monoisotopic (exact) mass is 329 g/mol. The molecule has 0 fully saturated rings. The van der Waals surface area contributed by atoms with Crippen molar-refractivity contribution in [2.24, 2.45) is 0 Å². The fraction of sp³-hybridized carbons (Fsp3) is 0.278. The van der Waals surface area contributed by atoms with Crippen molar-refractivity contribution in [3.63, 3.8) is 0 Å². The van der Waals surface area contributed by atoms with E-state index in [4.69, 9.17) is 0 Å². The Bertz CT molecular complexity index is 826. The van der Waals surface area contributed by atoms with E-state index >= 15 is 0 Å². The van der Waals surface area contributed by atoms with E-state index < -0.39 is 10.0 Å². The predicted molar refractivity (Wildman–Crippen MR) is 88.9 cm³/mol. The molecule has 23 heavy (non-hydrogen) atoms. The molecule has 2 aromatic carbocycles. The fourth-order valence-corrected chi connectivity index (χ4v) is 4.25. The molecule has 0 radical (unpaired) electrons. The highest BCUT2D eigenvalue weighted by Gasteiger charge is 2.25. The zero-order valence-electron chi connectivity index (χ0n) is 13.0. The lowest BCUT2D eigenvalue weighted by molar-refractivity contribution is 0.101. The van der Waals surface area contributed by atoms with Gasteiger partial charge in [0.15, 0.2) is 5.78 Å². The standard InChI is InChI=1S/C18H19NO3S/c1-13(20)14-9-11-16(12-10-14)23(21,22)19-18-8-4-6-15-5-2-3-7-17(15)18/h2-3,5,7,9-12,18-19H,4,6,8H2,1H3/t18-/m0/s1. The third-order valence-corrected chi connectivity index (χ3v) is 5.73. The number of hydrogen-bond donors (Lipinski definition) is 1. The minimum Gasteiger partial charge on any atom is -0.295 e. The lowest BCUT2D eigenvalue weighted by Gasteiger charge is -2.26. The quantitative estimate of drug-likeness (QED) is 0.876. The van der Waals surface area contributed by atoms with E-state index in [0.717, 1.165) is 24.8 Å². The maximum Gasteiger partial charge on any atom is 0.241 e. The third kappa shape index (κ3) is 3.35. The van der Waals surface area contributed by atoms with Gasteiger partial charge in [-0.25, -0.2) is 13.1 Å². The lowest BCUT2D eigenvalue weighted by atomic mass is 9.88. The van der Waals surface area contributed by atoms with E-state index in [-0.39, 0.29) is 16.7 Å². The number of hydrogen-bond acceptors (Lipinski definition) is 3. The number of sulfonamides is 1. The molecule has 0 aliphatic heterocycles. The summed E-state index contributed by atoms with van der Waals surface area (Å²) in [6.45, 7) is 1.46. The molecule has 120 valence electrons. The largest absolute Gasteiger partial charge is 0.295 e. The summed E-state index contributed by atoms with van der Waals surface area (Å²) >= 11 is 0. The van der Waals surface area contributed by atoms with Crippen LogP contribution in [-0.2, 0) is 16.4 Å². The number of carbonyl (C=O) groups excluding carboxylic acids is 1. The van der Waals surface area contributed by atoms with E-state index in [1.165, 1.54) is 24.6 Å². The number of aryl methyl sites for hydroxylation is 1. The van der Waals surface area contributed by atoms with E-state index in [1.54, 1.807) is 12.1 Å². The van der Waals surface area contributed by atoms with Gasteiger partial charge in [0, 0.05) is 11.6 Å². The average Bonchev–Trinajstić information content (AvgIpc) is 2.55. The van der Waals surface area contributed by atoms with Crippen LogP contribution in [0.1, 0.15) is 47.3 Å². The topological polar surface area (TPSA) is 63.2 Å². The molecule has 0 amide bonds. The normalized spacial score (nSPS) is 17.5. The molecule has 2 aromatic rings. The molecule has 0 aromatic heterocycles. The van der Waals surface area contributed by atoms with Crippen molar-refractivity contribution in [3.8, 4) is 0 Å². The Morgan fingerprint density at radius 2 is 1.78 bits per heavy atom. The number of carbonyl (C=O) groups is 1. The summed E-state index contributed by atoms with van der Waals surface area (Å²) in [5.41, 5.74) is 2.77. The van der Waals surface area contributed by atoms with Crippen molar-refractivity contribution in [3.05, 3.63) is 65.2 Å². The molecule has 0 bridgehead atoms. The maximum absolute atomic E-state index is 12.6. The van der Waals surface area contributed by atoms with Crippen LogP contribution in [0.2, 0.25) is 0 Å². The zero-order valence-corrected chi connectivity index (χ0v) is 13.8. The van der Waals surface area contributed by atoms with Gasteiger partial charge in [-0.2, -0.15) is 0 Å². The molecule has 1 N–H and O–H groups in total. The van der Waals surface area contributed by atoms with Crippen molar-refractivity contribution in [2.45, 2.75) is 37.1 Å². The van der Waals surface area contributed by atoms with Crippen LogP contribution >= 0.6 is 0 Å². The molecule has 3 rings (SSSR count).